The molecule has 2 amide bonds. The SMILES string of the molecule is CCCCN(C)C(=O)N1CC(n2cc(C(=O)O)nn2)C1. The van der Waals surface area contributed by atoms with Crippen LogP contribution in [0.2, 0.25) is 0 Å². The first-order valence-electron chi connectivity index (χ1n) is 6.68. The highest BCUT2D eigenvalue weighted by Crippen LogP contribution is 2.21. The number of hydrogen-bond acceptors (Lipinski definition) is 4. The monoisotopic (exact) mass is 281 g/mol. The Hall–Kier alpha value is -2.12. The number of carboxylic acid groups (broad SMARTS) is 1. The molecular formula is C12H19N5O3. The molecule has 0 bridgehead atoms. The zero-order valence-corrected chi connectivity index (χ0v) is 11.7. The van der Waals surface area contributed by atoms with E-state index < -0.39 is 5.97 Å². The topological polar surface area (TPSA) is 91.6 Å². The molecule has 1 fully saturated rings. The fraction of sp³-hybridized carbons (Fsp3) is 0.667. The average Bonchev–Trinajstić information content (AvgIpc) is 2.83. The summed E-state index contributed by atoms with van der Waals surface area (Å²) in [6.45, 7) is 3.92. The number of carbonyl (C=O) groups is 2. The van der Waals surface area contributed by atoms with Crippen molar-refractivity contribution in [1.82, 2.24) is 24.8 Å². The van der Waals surface area contributed by atoms with Crippen LogP contribution in [0.5, 0.6) is 0 Å². The van der Waals surface area contributed by atoms with Crippen molar-refractivity contribution in [1.29, 1.82) is 0 Å². The number of urea groups is 1. The van der Waals surface area contributed by atoms with E-state index in [9.17, 15) is 9.59 Å². The van der Waals surface area contributed by atoms with Gasteiger partial charge in [-0.3, -0.25) is 0 Å². The summed E-state index contributed by atoms with van der Waals surface area (Å²) in [6.07, 6.45) is 3.44. The normalized spacial score (nSPS) is 15.0. The van der Waals surface area contributed by atoms with Crippen LogP contribution in [0.3, 0.4) is 0 Å². The molecule has 110 valence electrons. The fourth-order valence-corrected chi connectivity index (χ4v) is 2.06. The highest BCUT2D eigenvalue weighted by Gasteiger charge is 2.34. The second-order valence-corrected chi connectivity index (χ2v) is 5.01. The van der Waals surface area contributed by atoms with E-state index in [4.69, 9.17) is 5.11 Å². The Labute approximate surface area is 117 Å². The molecule has 20 heavy (non-hydrogen) atoms. The van der Waals surface area contributed by atoms with Crippen LogP contribution in [-0.4, -0.2) is 68.6 Å². The lowest BCUT2D eigenvalue weighted by Crippen LogP contribution is -2.54. The van der Waals surface area contributed by atoms with Crippen molar-refractivity contribution in [3.63, 3.8) is 0 Å². The summed E-state index contributed by atoms with van der Waals surface area (Å²) < 4.78 is 1.51. The molecule has 0 spiro atoms. The van der Waals surface area contributed by atoms with E-state index >= 15 is 0 Å². The molecule has 1 aromatic heterocycles. The van der Waals surface area contributed by atoms with Crippen molar-refractivity contribution in [3.8, 4) is 0 Å². The highest BCUT2D eigenvalue weighted by molar-refractivity contribution is 5.84. The molecular weight excluding hydrogens is 262 g/mol. The van der Waals surface area contributed by atoms with Crippen molar-refractivity contribution in [2.75, 3.05) is 26.7 Å². The zero-order chi connectivity index (χ0) is 14.7. The summed E-state index contributed by atoms with van der Waals surface area (Å²) in [5.41, 5.74) is -0.0742. The lowest BCUT2D eigenvalue weighted by atomic mass is 10.1. The van der Waals surface area contributed by atoms with Crippen molar-refractivity contribution in [2.45, 2.75) is 25.8 Å². The Balaban J connectivity index is 1.84. The summed E-state index contributed by atoms with van der Waals surface area (Å²) in [6, 6.07) is 0.0207. The maximum atomic E-state index is 12.0. The number of amides is 2. The molecule has 8 nitrogen and oxygen atoms in total. The molecule has 0 atom stereocenters. The fourth-order valence-electron chi connectivity index (χ4n) is 2.06. The Morgan fingerprint density at radius 1 is 1.50 bits per heavy atom. The minimum atomic E-state index is -1.09. The number of nitrogens with zero attached hydrogens (tertiary/aromatic N) is 5. The summed E-state index contributed by atoms with van der Waals surface area (Å²) in [5.74, 6) is -1.09. The molecule has 1 saturated heterocycles. The van der Waals surface area contributed by atoms with E-state index in [0.717, 1.165) is 19.4 Å². The van der Waals surface area contributed by atoms with Crippen LogP contribution in [0.1, 0.15) is 36.3 Å². The third-order valence-electron chi connectivity index (χ3n) is 3.41. The van der Waals surface area contributed by atoms with Crippen LogP contribution in [-0.2, 0) is 0 Å². The van der Waals surface area contributed by atoms with E-state index in [2.05, 4.69) is 17.2 Å². The maximum absolute atomic E-state index is 12.0. The number of likely N-dealkylation sites (tertiary alicyclic amines) is 1. The molecule has 1 aliphatic heterocycles. The number of unbranched alkanes of at least 4 members (excludes halogenated alkanes) is 1. The van der Waals surface area contributed by atoms with Crippen LogP contribution >= 0.6 is 0 Å². The van der Waals surface area contributed by atoms with Crippen molar-refractivity contribution in [3.05, 3.63) is 11.9 Å². The molecule has 2 rings (SSSR count). The predicted octanol–water partition coefficient (Wildman–Crippen LogP) is 0.685. The Morgan fingerprint density at radius 2 is 2.20 bits per heavy atom. The van der Waals surface area contributed by atoms with Gasteiger partial charge in [-0.1, -0.05) is 18.6 Å². The molecule has 0 aromatic carbocycles. The zero-order valence-electron chi connectivity index (χ0n) is 11.7. The highest BCUT2D eigenvalue weighted by atomic mass is 16.4. The van der Waals surface area contributed by atoms with Gasteiger partial charge in [0.25, 0.3) is 0 Å². The number of aromatic carboxylic acids is 1. The molecule has 0 aliphatic carbocycles. The predicted molar refractivity (Wildman–Crippen MR) is 70.5 cm³/mol. The number of carboxylic acids is 1. The van der Waals surface area contributed by atoms with Gasteiger partial charge in [0.1, 0.15) is 0 Å². The van der Waals surface area contributed by atoms with Gasteiger partial charge in [0.05, 0.1) is 12.2 Å². The number of carbonyl (C=O) groups excluding carboxylic acids is 1. The molecule has 8 heteroatoms. The largest absolute Gasteiger partial charge is 0.476 e. The van der Waals surface area contributed by atoms with E-state index in [1.54, 1.807) is 16.8 Å². The molecule has 0 radical (unpaired) electrons. The lowest BCUT2D eigenvalue weighted by Gasteiger charge is -2.40. The first kappa shape index (κ1) is 14.3. The number of aromatic nitrogens is 3. The van der Waals surface area contributed by atoms with Gasteiger partial charge in [-0.2, -0.15) is 0 Å². The number of hydrogen-bond donors (Lipinski definition) is 1. The molecule has 1 N–H and O–H groups in total. The summed E-state index contributed by atoms with van der Waals surface area (Å²) >= 11 is 0. The van der Waals surface area contributed by atoms with Gasteiger partial charge in [-0.25, -0.2) is 14.3 Å². The van der Waals surface area contributed by atoms with Gasteiger partial charge in [-0.05, 0) is 6.42 Å². The second-order valence-electron chi connectivity index (χ2n) is 5.01. The Kier molecular flexibility index (Phi) is 4.21. The molecule has 2 heterocycles. The van der Waals surface area contributed by atoms with Crippen molar-refractivity contribution < 1.29 is 14.7 Å². The minimum Gasteiger partial charge on any atom is -0.476 e. The van der Waals surface area contributed by atoms with Crippen molar-refractivity contribution in [2.24, 2.45) is 0 Å². The maximum Gasteiger partial charge on any atom is 0.358 e. The van der Waals surface area contributed by atoms with Crippen LogP contribution in [0.25, 0.3) is 0 Å². The average molecular weight is 281 g/mol. The molecule has 0 saturated carbocycles. The van der Waals surface area contributed by atoms with E-state index in [1.165, 1.54) is 10.9 Å². The van der Waals surface area contributed by atoms with E-state index in [0.29, 0.717) is 13.1 Å². The third-order valence-corrected chi connectivity index (χ3v) is 3.41. The third kappa shape index (κ3) is 2.89. The van der Waals surface area contributed by atoms with Crippen LogP contribution in [0, 0.1) is 0 Å². The summed E-state index contributed by atoms with van der Waals surface area (Å²) in [7, 11) is 1.79. The molecule has 1 aliphatic rings. The smallest absolute Gasteiger partial charge is 0.358 e. The van der Waals surface area contributed by atoms with Crippen LogP contribution < -0.4 is 0 Å². The van der Waals surface area contributed by atoms with Gasteiger partial charge in [0.2, 0.25) is 0 Å². The Morgan fingerprint density at radius 3 is 2.75 bits per heavy atom. The standard InChI is InChI=1S/C12H19N5O3/c1-3-4-5-15(2)12(20)16-6-9(7-16)17-8-10(11(18)19)13-14-17/h8-9H,3-7H2,1-2H3,(H,18,19). The quantitative estimate of drug-likeness (QED) is 0.857. The minimum absolute atomic E-state index is 0.00766. The van der Waals surface area contributed by atoms with Crippen molar-refractivity contribution >= 4 is 12.0 Å². The summed E-state index contributed by atoms with van der Waals surface area (Å²) in [4.78, 5) is 26.2. The van der Waals surface area contributed by atoms with Gasteiger partial charge >= 0.3 is 12.0 Å². The summed E-state index contributed by atoms with van der Waals surface area (Å²) in [5, 5.41) is 16.1. The lowest BCUT2D eigenvalue weighted by molar-refractivity contribution is 0.0689. The van der Waals surface area contributed by atoms with Crippen LogP contribution in [0.15, 0.2) is 6.20 Å². The Bertz CT molecular complexity index is 495. The molecule has 1 aromatic rings. The van der Waals surface area contributed by atoms with Gasteiger partial charge in [-0.15, -0.1) is 5.10 Å². The number of rotatable bonds is 5. The van der Waals surface area contributed by atoms with Gasteiger partial charge in [0, 0.05) is 26.7 Å². The first-order chi connectivity index (χ1) is 9.52. The first-order valence-corrected chi connectivity index (χ1v) is 6.68. The van der Waals surface area contributed by atoms with Gasteiger partial charge < -0.3 is 14.9 Å². The van der Waals surface area contributed by atoms with E-state index in [1.807, 2.05) is 0 Å². The second kappa shape index (κ2) is 5.89. The van der Waals surface area contributed by atoms with E-state index in [-0.39, 0.29) is 17.8 Å². The molecule has 0 unspecified atom stereocenters. The van der Waals surface area contributed by atoms with Crippen LogP contribution in [0.4, 0.5) is 4.79 Å². The van der Waals surface area contributed by atoms with Gasteiger partial charge in [0.15, 0.2) is 5.69 Å².